The lowest BCUT2D eigenvalue weighted by Gasteiger charge is -2.22. The summed E-state index contributed by atoms with van der Waals surface area (Å²) < 4.78 is 16.7. The number of ether oxygens (including phenoxy) is 1. The number of benzene rings is 1. The maximum Gasteiger partial charge on any atom is 0.339 e. The van der Waals surface area contributed by atoms with E-state index in [1.807, 2.05) is 19.1 Å². The molecule has 0 saturated carbocycles. The number of carbonyl (C=O) groups is 1. The van der Waals surface area contributed by atoms with Crippen LogP contribution in [0.1, 0.15) is 53.7 Å². The summed E-state index contributed by atoms with van der Waals surface area (Å²) in [6, 6.07) is 3.57. The summed E-state index contributed by atoms with van der Waals surface area (Å²) in [5.41, 5.74) is 2.90. The van der Waals surface area contributed by atoms with Crippen LogP contribution in [0, 0.1) is 13.8 Å². The molecule has 5 rings (SSSR count). The highest BCUT2D eigenvalue weighted by Gasteiger charge is 2.34. The van der Waals surface area contributed by atoms with Crippen LogP contribution in [0.5, 0.6) is 5.75 Å². The highest BCUT2D eigenvalue weighted by atomic mass is 16.5. The fourth-order valence-electron chi connectivity index (χ4n) is 4.61. The Morgan fingerprint density at radius 1 is 1.23 bits per heavy atom. The van der Waals surface area contributed by atoms with Gasteiger partial charge in [-0.05, 0) is 63.6 Å². The normalized spacial score (nSPS) is 18.2. The van der Waals surface area contributed by atoms with Gasteiger partial charge in [0.1, 0.15) is 17.4 Å². The maximum atomic E-state index is 12.8. The highest BCUT2D eigenvalue weighted by molar-refractivity contribution is 5.86. The molecular weight excluding hydrogens is 386 g/mol. The van der Waals surface area contributed by atoms with Gasteiger partial charge in [0, 0.05) is 23.1 Å². The van der Waals surface area contributed by atoms with E-state index < -0.39 is 0 Å². The summed E-state index contributed by atoms with van der Waals surface area (Å²) in [6.07, 6.45) is 4.31. The van der Waals surface area contributed by atoms with Gasteiger partial charge in [0.2, 0.25) is 5.89 Å². The van der Waals surface area contributed by atoms with Crippen LogP contribution in [0.15, 0.2) is 25.9 Å². The molecule has 1 atom stereocenters. The van der Waals surface area contributed by atoms with Gasteiger partial charge in [-0.2, -0.15) is 4.98 Å². The fraction of sp³-hybridized carbons (Fsp3) is 0.455. The van der Waals surface area contributed by atoms with Gasteiger partial charge in [-0.25, -0.2) is 4.79 Å². The monoisotopic (exact) mass is 409 g/mol. The van der Waals surface area contributed by atoms with E-state index in [1.54, 1.807) is 11.8 Å². The molecule has 1 amide bonds. The van der Waals surface area contributed by atoms with Crippen LogP contribution in [0.3, 0.4) is 0 Å². The van der Waals surface area contributed by atoms with Crippen LogP contribution in [0.25, 0.3) is 11.0 Å². The molecule has 2 aromatic heterocycles. The molecule has 3 aromatic rings. The largest absolute Gasteiger partial charge is 0.483 e. The minimum atomic E-state index is -0.263. The third kappa shape index (κ3) is 3.07. The smallest absolute Gasteiger partial charge is 0.339 e. The van der Waals surface area contributed by atoms with Gasteiger partial charge in [-0.1, -0.05) is 5.16 Å². The number of aromatic nitrogens is 2. The van der Waals surface area contributed by atoms with Gasteiger partial charge < -0.3 is 18.6 Å². The van der Waals surface area contributed by atoms with E-state index >= 15 is 0 Å². The molecule has 8 nitrogen and oxygen atoms in total. The molecule has 0 radical (unpaired) electrons. The van der Waals surface area contributed by atoms with Gasteiger partial charge in [-0.3, -0.25) is 4.79 Å². The minimum absolute atomic E-state index is 0.106. The van der Waals surface area contributed by atoms with Gasteiger partial charge in [0.15, 0.2) is 12.4 Å². The summed E-state index contributed by atoms with van der Waals surface area (Å²) in [4.78, 5) is 31.1. The average molecular weight is 409 g/mol. The first-order chi connectivity index (χ1) is 14.5. The van der Waals surface area contributed by atoms with Crippen molar-refractivity contribution in [3.8, 4) is 5.75 Å². The quantitative estimate of drug-likeness (QED) is 0.611. The summed E-state index contributed by atoms with van der Waals surface area (Å²) in [5.74, 6) is 1.43. The molecule has 1 aliphatic heterocycles. The van der Waals surface area contributed by atoms with Crippen LogP contribution < -0.4 is 10.4 Å². The molecule has 156 valence electrons. The Hall–Kier alpha value is -3.16. The number of amides is 1. The van der Waals surface area contributed by atoms with Crippen molar-refractivity contribution in [2.75, 3.05) is 13.2 Å². The number of hydrogen-bond acceptors (Lipinski definition) is 7. The minimum Gasteiger partial charge on any atom is -0.483 e. The predicted octanol–water partition coefficient (Wildman–Crippen LogP) is 3.02. The van der Waals surface area contributed by atoms with E-state index in [9.17, 15) is 9.59 Å². The van der Waals surface area contributed by atoms with Crippen molar-refractivity contribution in [1.82, 2.24) is 15.0 Å². The number of nitrogens with zero attached hydrogens (tertiary/aromatic N) is 3. The zero-order valence-electron chi connectivity index (χ0n) is 17.1. The van der Waals surface area contributed by atoms with E-state index in [1.165, 1.54) is 0 Å². The Morgan fingerprint density at radius 3 is 2.87 bits per heavy atom. The van der Waals surface area contributed by atoms with Crippen molar-refractivity contribution >= 4 is 16.9 Å². The lowest BCUT2D eigenvalue weighted by Crippen LogP contribution is -2.34. The average Bonchev–Trinajstić information content (AvgIpc) is 3.48. The van der Waals surface area contributed by atoms with Gasteiger partial charge >= 0.3 is 5.63 Å². The second-order valence-electron chi connectivity index (χ2n) is 7.98. The number of hydrogen-bond donors (Lipinski definition) is 0. The zero-order chi connectivity index (χ0) is 20.8. The summed E-state index contributed by atoms with van der Waals surface area (Å²) >= 11 is 0. The third-order valence-corrected chi connectivity index (χ3v) is 6.09. The summed E-state index contributed by atoms with van der Waals surface area (Å²) in [5, 5.41) is 4.79. The van der Waals surface area contributed by atoms with E-state index in [4.69, 9.17) is 13.7 Å². The van der Waals surface area contributed by atoms with Gasteiger partial charge in [0.25, 0.3) is 5.91 Å². The molecule has 1 fully saturated rings. The molecule has 0 bridgehead atoms. The molecule has 3 heterocycles. The van der Waals surface area contributed by atoms with Crippen molar-refractivity contribution < 1.29 is 18.5 Å². The molecule has 0 spiro atoms. The van der Waals surface area contributed by atoms with Crippen LogP contribution in [-0.4, -0.2) is 34.1 Å². The topological polar surface area (TPSA) is 98.7 Å². The highest BCUT2D eigenvalue weighted by Crippen LogP contribution is 2.34. The first-order valence-corrected chi connectivity index (χ1v) is 10.3. The number of carbonyl (C=O) groups excluding carboxylic acids is 1. The Morgan fingerprint density at radius 2 is 2.07 bits per heavy atom. The van der Waals surface area contributed by atoms with Crippen LogP contribution in [0.4, 0.5) is 0 Å². The Balaban J connectivity index is 1.36. The van der Waals surface area contributed by atoms with E-state index in [2.05, 4.69) is 10.1 Å². The molecule has 1 saturated heterocycles. The lowest BCUT2D eigenvalue weighted by molar-refractivity contribution is -0.134. The third-order valence-electron chi connectivity index (χ3n) is 6.09. The Bertz CT molecular complexity index is 1200. The number of likely N-dealkylation sites (tertiary alicyclic amines) is 1. The molecule has 2 aliphatic rings. The van der Waals surface area contributed by atoms with E-state index in [-0.39, 0.29) is 24.2 Å². The van der Waals surface area contributed by atoms with Crippen molar-refractivity contribution in [3.63, 3.8) is 0 Å². The van der Waals surface area contributed by atoms with Gasteiger partial charge in [0.05, 0.1) is 0 Å². The maximum absolute atomic E-state index is 12.8. The molecule has 1 unspecified atom stereocenters. The Kier molecular flexibility index (Phi) is 4.56. The van der Waals surface area contributed by atoms with Crippen molar-refractivity contribution in [1.29, 1.82) is 0 Å². The first kappa shape index (κ1) is 18.8. The summed E-state index contributed by atoms with van der Waals surface area (Å²) in [6.45, 7) is 4.14. The predicted molar refractivity (Wildman–Crippen MR) is 107 cm³/mol. The molecule has 1 aliphatic carbocycles. The van der Waals surface area contributed by atoms with E-state index in [0.717, 1.165) is 54.2 Å². The zero-order valence-corrected chi connectivity index (χ0v) is 17.1. The van der Waals surface area contributed by atoms with Crippen LogP contribution >= 0.6 is 0 Å². The number of rotatable bonds is 4. The van der Waals surface area contributed by atoms with Crippen molar-refractivity contribution in [2.24, 2.45) is 0 Å². The fourth-order valence-corrected chi connectivity index (χ4v) is 4.61. The van der Waals surface area contributed by atoms with Crippen molar-refractivity contribution in [3.05, 3.63) is 51.0 Å². The lowest BCUT2D eigenvalue weighted by atomic mass is 10.0. The number of aryl methyl sites for hydroxylation is 3. The van der Waals surface area contributed by atoms with Crippen molar-refractivity contribution in [2.45, 2.75) is 52.0 Å². The standard InChI is InChI=1S/C22H23N3O5/c1-12-18(9-8-15-14-5-3-6-16(14)22(27)29-20(12)15)28-11-19(26)25-10-4-7-17(25)21-23-13(2)24-30-21/h8-9,17H,3-7,10-11H2,1-2H3. The molecule has 0 N–H and O–H groups in total. The SMILES string of the molecule is Cc1noc(C2CCCN2C(=O)COc2ccc3c4c(c(=O)oc3c2C)CCC4)n1. The van der Waals surface area contributed by atoms with E-state index in [0.29, 0.717) is 29.6 Å². The molecule has 8 heteroatoms. The second kappa shape index (κ2) is 7.27. The first-order valence-electron chi connectivity index (χ1n) is 10.3. The van der Waals surface area contributed by atoms with Gasteiger partial charge in [-0.15, -0.1) is 0 Å². The molecule has 1 aromatic carbocycles. The Labute approximate surface area is 172 Å². The molecular formula is C22H23N3O5. The van der Waals surface area contributed by atoms with Crippen LogP contribution in [-0.2, 0) is 17.6 Å². The molecule has 30 heavy (non-hydrogen) atoms. The van der Waals surface area contributed by atoms with Crippen LogP contribution in [0.2, 0.25) is 0 Å². The second-order valence-corrected chi connectivity index (χ2v) is 7.98. The number of fused-ring (bicyclic) bond motifs is 3. The summed E-state index contributed by atoms with van der Waals surface area (Å²) in [7, 11) is 0.